The summed E-state index contributed by atoms with van der Waals surface area (Å²) in [6.45, 7) is 7.29. The van der Waals surface area contributed by atoms with Gasteiger partial charge in [0.2, 0.25) is 0 Å². The van der Waals surface area contributed by atoms with Crippen LogP contribution >= 0.6 is 0 Å². The van der Waals surface area contributed by atoms with Crippen molar-refractivity contribution in [3.05, 3.63) is 22.8 Å². The van der Waals surface area contributed by atoms with Gasteiger partial charge in [0.25, 0.3) is 0 Å². The Morgan fingerprint density at radius 3 is 2.95 bits per heavy atom. The molecule has 4 heteroatoms. The van der Waals surface area contributed by atoms with E-state index in [4.69, 9.17) is 14.7 Å². The average Bonchev–Trinajstić information content (AvgIpc) is 2.47. The number of nitrogens with zero attached hydrogens (tertiary/aromatic N) is 2. The molecule has 2 aliphatic heterocycles. The van der Waals surface area contributed by atoms with E-state index < -0.39 is 0 Å². The Morgan fingerprint density at radius 2 is 2.20 bits per heavy atom. The Kier molecular flexibility index (Phi) is 4.32. The molecule has 4 nitrogen and oxygen atoms in total. The Hall–Kier alpha value is -1.00. The number of ether oxygens (including phenoxy) is 1. The SMILES string of the molecule is CC(C)c1nc(CC2CCCCO2)nc2c1CNCC2. The highest BCUT2D eigenvalue weighted by Crippen LogP contribution is 2.24. The smallest absolute Gasteiger partial charge is 0.131 e. The van der Waals surface area contributed by atoms with Gasteiger partial charge >= 0.3 is 0 Å². The van der Waals surface area contributed by atoms with Gasteiger partial charge in [-0.1, -0.05) is 13.8 Å². The van der Waals surface area contributed by atoms with Crippen LogP contribution in [0.3, 0.4) is 0 Å². The van der Waals surface area contributed by atoms with Crippen LogP contribution in [-0.2, 0) is 24.1 Å². The van der Waals surface area contributed by atoms with Crippen LogP contribution in [0.25, 0.3) is 0 Å². The predicted octanol–water partition coefficient (Wildman–Crippen LogP) is 2.36. The number of hydrogen-bond donors (Lipinski definition) is 1. The zero-order chi connectivity index (χ0) is 13.9. The Bertz CT molecular complexity index is 467. The van der Waals surface area contributed by atoms with Crippen molar-refractivity contribution >= 4 is 0 Å². The van der Waals surface area contributed by atoms with Crippen LogP contribution in [0.15, 0.2) is 0 Å². The summed E-state index contributed by atoms with van der Waals surface area (Å²) >= 11 is 0. The molecule has 0 aromatic carbocycles. The summed E-state index contributed by atoms with van der Waals surface area (Å²) in [5.74, 6) is 1.44. The first-order chi connectivity index (χ1) is 9.74. The fraction of sp³-hybridized carbons (Fsp3) is 0.750. The molecule has 1 atom stereocenters. The summed E-state index contributed by atoms with van der Waals surface area (Å²) in [6, 6.07) is 0. The molecular formula is C16H25N3O. The second kappa shape index (κ2) is 6.19. The maximum atomic E-state index is 5.83. The van der Waals surface area contributed by atoms with Crippen LogP contribution in [-0.4, -0.2) is 29.2 Å². The zero-order valence-corrected chi connectivity index (χ0v) is 12.6. The highest BCUT2D eigenvalue weighted by Gasteiger charge is 2.21. The molecule has 1 N–H and O–H groups in total. The van der Waals surface area contributed by atoms with E-state index in [0.29, 0.717) is 12.0 Å². The lowest BCUT2D eigenvalue weighted by Gasteiger charge is -2.25. The summed E-state index contributed by atoms with van der Waals surface area (Å²) in [5.41, 5.74) is 3.82. The molecule has 0 spiro atoms. The van der Waals surface area contributed by atoms with Crippen LogP contribution in [0, 0.1) is 0 Å². The van der Waals surface area contributed by atoms with Crippen molar-refractivity contribution in [1.29, 1.82) is 0 Å². The fourth-order valence-corrected chi connectivity index (χ4v) is 3.16. The van der Waals surface area contributed by atoms with Crippen LogP contribution in [0.5, 0.6) is 0 Å². The van der Waals surface area contributed by atoms with E-state index in [1.165, 1.54) is 29.8 Å². The van der Waals surface area contributed by atoms with Crippen LogP contribution in [0.2, 0.25) is 0 Å². The van der Waals surface area contributed by atoms with Crippen LogP contribution in [0.1, 0.15) is 61.8 Å². The number of hydrogen-bond acceptors (Lipinski definition) is 4. The van der Waals surface area contributed by atoms with Crippen molar-refractivity contribution in [2.45, 2.75) is 64.5 Å². The van der Waals surface area contributed by atoms with E-state index in [2.05, 4.69) is 19.2 Å². The van der Waals surface area contributed by atoms with Gasteiger partial charge in [-0.2, -0.15) is 0 Å². The molecule has 0 amide bonds. The molecule has 3 heterocycles. The molecule has 3 rings (SSSR count). The summed E-state index contributed by atoms with van der Waals surface area (Å²) in [4.78, 5) is 9.67. The molecule has 0 aliphatic carbocycles. The van der Waals surface area contributed by atoms with Crippen LogP contribution < -0.4 is 5.32 Å². The van der Waals surface area contributed by atoms with E-state index in [0.717, 1.165) is 44.8 Å². The van der Waals surface area contributed by atoms with Gasteiger partial charge in [0.1, 0.15) is 5.82 Å². The molecule has 20 heavy (non-hydrogen) atoms. The maximum absolute atomic E-state index is 5.83. The van der Waals surface area contributed by atoms with E-state index >= 15 is 0 Å². The summed E-state index contributed by atoms with van der Waals surface area (Å²) in [7, 11) is 0. The molecule has 0 bridgehead atoms. The molecule has 0 saturated carbocycles. The highest BCUT2D eigenvalue weighted by molar-refractivity contribution is 5.30. The first kappa shape index (κ1) is 14.0. The maximum Gasteiger partial charge on any atom is 0.131 e. The molecule has 1 unspecified atom stereocenters. The number of nitrogens with one attached hydrogen (secondary N) is 1. The molecule has 2 aliphatic rings. The highest BCUT2D eigenvalue weighted by atomic mass is 16.5. The summed E-state index contributed by atoms with van der Waals surface area (Å²) in [5, 5.41) is 3.43. The average molecular weight is 275 g/mol. The molecule has 1 aromatic rings. The van der Waals surface area contributed by atoms with E-state index in [9.17, 15) is 0 Å². The lowest BCUT2D eigenvalue weighted by molar-refractivity contribution is 0.0155. The Morgan fingerprint density at radius 1 is 1.30 bits per heavy atom. The van der Waals surface area contributed by atoms with Gasteiger partial charge in [0.05, 0.1) is 17.5 Å². The van der Waals surface area contributed by atoms with Crippen molar-refractivity contribution in [1.82, 2.24) is 15.3 Å². The van der Waals surface area contributed by atoms with Crippen molar-refractivity contribution < 1.29 is 4.74 Å². The number of aromatic nitrogens is 2. The molecule has 1 saturated heterocycles. The quantitative estimate of drug-likeness (QED) is 0.920. The van der Waals surface area contributed by atoms with Gasteiger partial charge in [0.15, 0.2) is 0 Å². The van der Waals surface area contributed by atoms with Gasteiger partial charge in [-0.05, 0) is 25.2 Å². The minimum Gasteiger partial charge on any atom is -0.378 e. The van der Waals surface area contributed by atoms with E-state index in [1.54, 1.807) is 0 Å². The van der Waals surface area contributed by atoms with E-state index in [-0.39, 0.29) is 0 Å². The third-order valence-corrected chi connectivity index (χ3v) is 4.24. The molecule has 1 fully saturated rings. The van der Waals surface area contributed by atoms with Gasteiger partial charge < -0.3 is 10.1 Å². The third kappa shape index (κ3) is 3.01. The lowest BCUT2D eigenvalue weighted by Crippen LogP contribution is -2.29. The molecular weight excluding hydrogens is 250 g/mol. The van der Waals surface area contributed by atoms with Crippen molar-refractivity contribution in [2.24, 2.45) is 0 Å². The van der Waals surface area contributed by atoms with Gasteiger partial charge in [-0.25, -0.2) is 9.97 Å². The normalized spacial score (nSPS) is 22.9. The first-order valence-electron chi connectivity index (χ1n) is 7.95. The van der Waals surface area contributed by atoms with Gasteiger partial charge in [-0.15, -0.1) is 0 Å². The molecule has 1 aromatic heterocycles. The minimum absolute atomic E-state index is 0.323. The monoisotopic (exact) mass is 275 g/mol. The van der Waals surface area contributed by atoms with Gasteiger partial charge in [0, 0.05) is 38.1 Å². The number of rotatable bonds is 3. The summed E-state index contributed by atoms with van der Waals surface area (Å²) in [6.07, 6.45) is 5.85. The second-order valence-corrected chi connectivity index (χ2v) is 6.22. The second-order valence-electron chi connectivity index (χ2n) is 6.22. The standard InChI is InChI=1S/C16H25N3O/c1-11(2)16-13-10-17-7-6-14(13)18-15(19-16)9-12-5-3-4-8-20-12/h11-12,17H,3-10H2,1-2H3. The molecule has 0 radical (unpaired) electrons. The van der Waals surface area contributed by atoms with Gasteiger partial charge in [-0.3, -0.25) is 0 Å². The topological polar surface area (TPSA) is 47.0 Å². The fourth-order valence-electron chi connectivity index (χ4n) is 3.16. The first-order valence-corrected chi connectivity index (χ1v) is 7.95. The minimum atomic E-state index is 0.323. The van der Waals surface area contributed by atoms with Crippen molar-refractivity contribution in [3.8, 4) is 0 Å². The predicted molar refractivity (Wildman–Crippen MR) is 78.8 cm³/mol. The Labute approximate surface area is 121 Å². The summed E-state index contributed by atoms with van der Waals surface area (Å²) < 4.78 is 5.83. The molecule has 110 valence electrons. The third-order valence-electron chi connectivity index (χ3n) is 4.24. The number of fused-ring (bicyclic) bond motifs is 1. The van der Waals surface area contributed by atoms with Crippen molar-refractivity contribution in [3.63, 3.8) is 0 Å². The lowest BCUT2D eigenvalue weighted by atomic mass is 9.98. The van der Waals surface area contributed by atoms with Crippen LogP contribution in [0.4, 0.5) is 0 Å². The van der Waals surface area contributed by atoms with Crippen molar-refractivity contribution in [2.75, 3.05) is 13.2 Å². The van der Waals surface area contributed by atoms with E-state index in [1.807, 2.05) is 0 Å². The Balaban J connectivity index is 1.85. The largest absolute Gasteiger partial charge is 0.378 e. The zero-order valence-electron chi connectivity index (χ0n) is 12.6.